The summed E-state index contributed by atoms with van der Waals surface area (Å²) >= 11 is 0. The summed E-state index contributed by atoms with van der Waals surface area (Å²) in [4.78, 5) is 0. The predicted molar refractivity (Wildman–Crippen MR) is 87.1 cm³/mol. The smallest absolute Gasteiger partial charge is 0.0653 e. The van der Waals surface area contributed by atoms with E-state index in [-0.39, 0.29) is 0 Å². The fourth-order valence-corrected chi connectivity index (χ4v) is 3.16. The third kappa shape index (κ3) is 3.94. The largest absolute Gasteiger partial charge is 0.310 e. The quantitative estimate of drug-likeness (QED) is 0.826. The molecule has 1 aliphatic rings. The highest BCUT2D eigenvalue weighted by Crippen LogP contribution is 2.20. The molecule has 1 saturated carbocycles. The Morgan fingerprint density at radius 2 is 1.95 bits per heavy atom. The molecular weight excluding hydrogens is 258 g/mol. The highest BCUT2D eigenvalue weighted by Gasteiger charge is 2.11. The minimum Gasteiger partial charge on any atom is -0.310 e. The molecule has 2 N–H and O–H groups in total. The summed E-state index contributed by atoms with van der Waals surface area (Å²) in [6.45, 7) is 2.98. The van der Waals surface area contributed by atoms with Crippen LogP contribution >= 0.6 is 0 Å². The van der Waals surface area contributed by atoms with Gasteiger partial charge in [-0.25, -0.2) is 0 Å². The van der Waals surface area contributed by atoms with Gasteiger partial charge < -0.3 is 5.32 Å². The summed E-state index contributed by atoms with van der Waals surface area (Å²) in [5, 5.41) is 11.0. The van der Waals surface area contributed by atoms with E-state index in [1.165, 1.54) is 49.7 Å². The number of aromatic amines is 1. The number of rotatable bonds is 4. The SMILES string of the molecule is Cc1cc(-c2cccc(CNC3CCCCCC3)c2)[nH]n1. The van der Waals surface area contributed by atoms with Gasteiger partial charge in [0.25, 0.3) is 0 Å². The van der Waals surface area contributed by atoms with Crippen LogP contribution in [0.2, 0.25) is 0 Å². The van der Waals surface area contributed by atoms with Gasteiger partial charge in [0.2, 0.25) is 0 Å². The fraction of sp³-hybridized carbons (Fsp3) is 0.500. The van der Waals surface area contributed by atoms with Gasteiger partial charge in [0.05, 0.1) is 11.4 Å². The zero-order chi connectivity index (χ0) is 14.5. The summed E-state index contributed by atoms with van der Waals surface area (Å²) in [5.74, 6) is 0. The minimum absolute atomic E-state index is 0.700. The van der Waals surface area contributed by atoms with Gasteiger partial charge >= 0.3 is 0 Å². The standard InChI is InChI=1S/C18H25N3/c1-14-11-18(21-20-14)16-8-6-7-15(12-16)13-19-17-9-4-2-3-5-10-17/h6-8,11-12,17,19H,2-5,9-10,13H2,1H3,(H,20,21). The molecule has 0 atom stereocenters. The fourth-order valence-electron chi connectivity index (χ4n) is 3.16. The number of H-pyrrole nitrogens is 1. The van der Waals surface area contributed by atoms with Crippen LogP contribution in [-0.4, -0.2) is 16.2 Å². The van der Waals surface area contributed by atoms with Gasteiger partial charge in [0.1, 0.15) is 0 Å². The molecule has 3 nitrogen and oxygen atoms in total. The van der Waals surface area contributed by atoms with Crippen LogP contribution in [0.15, 0.2) is 30.3 Å². The van der Waals surface area contributed by atoms with Crippen LogP contribution in [0.4, 0.5) is 0 Å². The summed E-state index contributed by atoms with van der Waals surface area (Å²) in [6.07, 6.45) is 8.24. The van der Waals surface area contributed by atoms with Crippen LogP contribution in [0.1, 0.15) is 49.8 Å². The van der Waals surface area contributed by atoms with E-state index in [1.54, 1.807) is 0 Å². The Morgan fingerprint density at radius 3 is 2.67 bits per heavy atom. The number of nitrogens with zero attached hydrogens (tertiary/aromatic N) is 1. The van der Waals surface area contributed by atoms with Crippen molar-refractivity contribution in [1.82, 2.24) is 15.5 Å². The number of nitrogens with one attached hydrogen (secondary N) is 2. The van der Waals surface area contributed by atoms with E-state index in [4.69, 9.17) is 0 Å². The molecule has 0 spiro atoms. The lowest BCUT2D eigenvalue weighted by Crippen LogP contribution is -2.27. The van der Waals surface area contributed by atoms with Gasteiger partial charge in [-0.05, 0) is 43.0 Å². The van der Waals surface area contributed by atoms with Gasteiger partial charge in [-0.3, -0.25) is 5.10 Å². The van der Waals surface area contributed by atoms with E-state index < -0.39 is 0 Å². The van der Waals surface area contributed by atoms with E-state index in [1.807, 2.05) is 6.92 Å². The lowest BCUT2D eigenvalue weighted by molar-refractivity contribution is 0.459. The molecule has 1 aliphatic carbocycles. The van der Waals surface area contributed by atoms with Crippen molar-refractivity contribution in [1.29, 1.82) is 0 Å². The van der Waals surface area contributed by atoms with Crippen LogP contribution in [0, 0.1) is 6.92 Å². The molecule has 0 saturated heterocycles. The Kier molecular flexibility index (Phi) is 4.71. The first kappa shape index (κ1) is 14.3. The van der Waals surface area contributed by atoms with E-state index in [9.17, 15) is 0 Å². The van der Waals surface area contributed by atoms with Crippen molar-refractivity contribution in [2.75, 3.05) is 0 Å². The molecule has 1 heterocycles. The van der Waals surface area contributed by atoms with Gasteiger partial charge in [-0.2, -0.15) is 5.10 Å². The van der Waals surface area contributed by atoms with Crippen molar-refractivity contribution in [3.05, 3.63) is 41.6 Å². The molecule has 112 valence electrons. The van der Waals surface area contributed by atoms with Crippen LogP contribution < -0.4 is 5.32 Å². The Hall–Kier alpha value is -1.61. The molecule has 0 amide bonds. The van der Waals surface area contributed by atoms with E-state index in [0.717, 1.165) is 17.9 Å². The first-order valence-corrected chi connectivity index (χ1v) is 8.16. The van der Waals surface area contributed by atoms with E-state index in [2.05, 4.69) is 45.8 Å². The zero-order valence-electron chi connectivity index (χ0n) is 12.9. The summed E-state index contributed by atoms with van der Waals surface area (Å²) in [7, 11) is 0. The van der Waals surface area contributed by atoms with Crippen LogP contribution in [0.3, 0.4) is 0 Å². The number of benzene rings is 1. The van der Waals surface area contributed by atoms with Gasteiger partial charge in [0, 0.05) is 12.6 Å². The lowest BCUT2D eigenvalue weighted by Gasteiger charge is -2.16. The monoisotopic (exact) mass is 283 g/mol. The zero-order valence-corrected chi connectivity index (χ0v) is 12.9. The van der Waals surface area contributed by atoms with Gasteiger partial charge in [-0.1, -0.05) is 43.9 Å². The molecule has 3 heteroatoms. The summed E-state index contributed by atoms with van der Waals surface area (Å²) < 4.78 is 0. The maximum absolute atomic E-state index is 4.21. The highest BCUT2D eigenvalue weighted by molar-refractivity contribution is 5.60. The van der Waals surface area contributed by atoms with Crippen molar-refractivity contribution >= 4 is 0 Å². The lowest BCUT2D eigenvalue weighted by atomic mass is 10.1. The molecule has 0 unspecified atom stereocenters. The van der Waals surface area contributed by atoms with Crippen molar-refractivity contribution < 1.29 is 0 Å². The average molecular weight is 283 g/mol. The summed E-state index contributed by atoms with van der Waals surface area (Å²) in [6, 6.07) is 11.5. The number of aryl methyl sites for hydroxylation is 1. The van der Waals surface area contributed by atoms with Crippen molar-refractivity contribution in [2.24, 2.45) is 0 Å². The van der Waals surface area contributed by atoms with Crippen LogP contribution in [-0.2, 0) is 6.54 Å². The van der Waals surface area contributed by atoms with Crippen molar-refractivity contribution in [3.8, 4) is 11.3 Å². The molecule has 1 aromatic heterocycles. The Labute approximate surface area is 127 Å². The van der Waals surface area contributed by atoms with Crippen molar-refractivity contribution in [3.63, 3.8) is 0 Å². The van der Waals surface area contributed by atoms with Crippen LogP contribution in [0.25, 0.3) is 11.3 Å². The van der Waals surface area contributed by atoms with Crippen molar-refractivity contribution in [2.45, 2.75) is 58.0 Å². The Balaban J connectivity index is 1.63. The predicted octanol–water partition coefficient (Wildman–Crippen LogP) is 4.20. The molecule has 0 bridgehead atoms. The molecule has 1 fully saturated rings. The van der Waals surface area contributed by atoms with E-state index >= 15 is 0 Å². The second-order valence-corrected chi connectivity index (χ2v) is 6.19. The Morgan fingerprint density at radius 1 is 1.14 bits per heavy atom. The molecule has 0 radical (unpaired) electrons. The molecule has 1 aromatic carbocycles. The molecule has 0 aliphatic heterocycles. The number of hydrogen-bond donors (Lipinski definition) is 2. The maximum Gasteiger partial charge on any atom is 0.0653 e. The second kappa shape index (κ2) is 6.90. The third-order valence-electron chi connectivity index (χ3n) is 4.39. The Bertz CT molecular complexity index is 565. The van der Waals surface area contributed by atoms with Gasteiger partial charge in [0.15, 0.2) is 0 Å². The van der Waals surface area contributed by atoms with E-state index in [0.29, 0.717) is 6.04 Å². The first-order chi connectivity index (χ1) is 10.3. The van der Waals surface area contributed by atoms with Crippen LogP contribution in [0.5, 0.6) is 0 Å². The summed E-state index contributed by atoms with van der Waals surface area (Å²) in [5.41, 5.74) is 4.70. The van der Waals surface area contributed by atoms with Gasteiger partial charge in [-0.15, -0.1) is 0 Å². The first-order valence-electron chi connectivity index (χ1n) is 8.16. The number of hydrogen-bond acceptors (Lipinski definition) is 2. The normalized spacial score (nSPS) is 16.8. The minimum atomic E-state index is 0.700. The molecule has 3 rings (SSSR count). The molecule has 2 aromatic rings. The molecule has 21 heavy (non-hydrogen) atoms. The third-order valence-corrected chi connectivity index (χ3v) is 4.39. The molecular formula is C18H25N3. The highest BCUT2D eigenvalue weighted by atomic mass is 15.1. The maximum atomic E-state index is 4.21. The number of aromatic nitrogens is 2. The topological polar surface area (TPSA) is 40.7 Å². The average Bonchev–Trinajstić information content (AvgIpc) is 2.78. The second-order valence-electron chi connectivity index (χ2n) is 6.19.